The molecular formula is C15H14N4O. The van der Waals surface area contributed by atoms with Crippen LogP contribution in [-0.4, -0.2) is 16.3 Å². The fourth-order valence-electron chi connectivity index (χ4n) is 1.82. The Kier molecular flexibility index (Phi) is 3.59. The Morgan fingerprint density at radius 1 is 1.25 bits per heavy atom. The summed E-state index contributed by atoms with van der Waals surface area (Å²) in [7, 11) is 0. The van der Waals surface area contributed by atoms with Crippen LogP contribution in [0.4, 0.5) is 5.69 Å². The van der Waals surface area contributed by atoms with Crippen molar-refractivity contribution in [1.82, 2.24) is 15.3 Å². The van der Waals surface area contributed by atoms with Crippen molar-refractivity contribution in [1.29, 1.82) is 0 Å². The lowest BCUT2D eigenvalue weighted by Gasteiger charge is -1.99. The molecular weight excluding hydrogens is 252 g/mol. The van der Waals surface area contributed by atoms with E-state index in [1.54, 1.807) is 18.9 Å². The molecule has 3 rings (SSSR count). The van der Waals surface area contributed by atoms with Gasteiger partial charge in [-0.05, 0) is 24.3 Å². The van der Waals surface area contributed by atoms with E-state index >= 15 is 0 Å². The van der Waals surface area contributed by atoms with Gasteiger partial charge in [0.2, 0.25) is 0 Å². The van der Waals surface area contributed by atoms with Gasteiger partial charge in [-0.2, -0.15) is 0 Å². The van der Waals surface area contributed by atoms with Crippen molar-refractivity contribution < 1.29 is 4.42 Å². The zero-order valence-electron chi connectivity index (χ0n) is 10.8. The van der Waals surface area contributed by atoms with Crippen molar-refractivity contribution in [2.75, 3.05) is 0 Å². The number of nitrogens with zero attached hydrogens (tertiary/aromatic N) is 2. The van der Waals surface area contributed by atoms with Crippen molar-refractivity contribution in [2.24, 2.45) is 4.99 Å². The molecule has 0 unspecified atom stereocenters. The highest BCUT2D eigenvalue weighted by molar-refractivity contribution is 5.65. The molecule has 0 bridgehead atoms. The van der Waals surface area contributed by atoms with Gasteiger partial charge in [0, 0.05) is 11.8 Å². The van der Waals surface area contributed by atoms with Gasteiger partial charge in [0.15, 0.2) is 0 Å². The van der Waals surface area contributed by atoms with Gasteiger partial charge in [-0.25, -0.2) is 9.98 Å². The monoisotopic (exact) mass is 266 g/mol. The standard InChI is InChI=1S/C15H14N4O/c1-2-14(20-7-1)8-16-10-18-13-5-3-12(4-6-13)15-9-17-11-19-15/h1-7,9-11H,8H2,(H,16,18)(H,17,19). The SMILES string of the molecule is C(=N\c1ccc(-c2c[nH]cn2)cc1)/NCc1ccco1. The summed E-state index contributed by atoms with van der Waals surface area (Å²) in [5.41, 5.74) is 2.88. The molecule has 2 heterocycles. The highest BCUT2D eigenvalue weighted by Gasteiger charge is 1.98. The van der Waals surface area contributed by atoms with E-state index in [-0.39, 0.29) is 0 Å². The van der Waals surface area contributed by atoms with Gasteiger partial charge < -0.3 is 14.7 Å². The average molecular weight is 266 g/mol. The van der Waals surface area contributed by atoms with E-state index in [1.165, 1.54) is 0 Å². The minimum Gasteiger partial charge on any atom is -0.467 e. The molecule has 2 aromatic heterocycles. The molecule has 3 aromatic rings. The molecule has 0 amide bonds. The number of rotatable bonds is 5. The Balaban J connectivity index is 1.58. The van der Waals surface area contributed by atoms with Crippen molar-refractivity contribution in [3.8, 4) is 11.3 Å². The first-order valence-electron chi connectivity index (χ1n) is 6.29. The Morgan fingerprint density at radius 2 is 2.15 bits per heavy atom. The molecule has 0 spiro atoms. The zero-order chi connectivity index (χ0) is 13.6. The van der Waals surface area contributed by atoms with Crippen LogP contribution in [0.15, 0.2) is 64.6 Å². The smallest absolute Gasteiger partial charge is 0.122 e. The molecule has 100 valence electrons. The summed E-state index contributed by atoms with van der Waals surface area (Å²) in [6.07, 6.45) is 6.86. The van der Waals surface area contributed by atoms with E-state index < -0.39 is 0 Å². The first-order valence-corrected chi connectivity index (χ1v) is 6.29. The first kappa shape index (κ1) is 12.2. The van der Waals surface area contributed by atoms with Crippen molar-refractivity contribution in [3.05, 3.63) is 60.9 Å². The molecule has 5 heteroatoms. The number of aromatic amines is 1. The maximum absolute atomic E-state index is 5.21. The normalized spacial score (nSPS) is 11.0. The minimum absolute atomic E-state index is 0.627. The molecule has 0 saturated carbocycles. The molecule has 20 heavy (non-hydrogen) atoms. The molecule has 0 aliphatic carbocycles. The Bertz CT molecular complexity index is 654. The molecule has 2 N–H and O–H groups in total. The van der Waals surface area contributed by atoms with Gasteiger partial charge in [-0.15, -0.1) is 0 Å². The quantitative estimate of drug-likeness (QED) is 0.551. The topological polar surface area (TPSA) is 66.2 Å². The number of benzene rings is 1. The van der Waals surface area contributed by atoms with Gasteiger partial charge in [0.1, 0.15) is 5.76 Å². The minimum atomic E-state index is 0.627. The Morgan fingerprint density at radius 3 is 2.85 bits per heavy atom. The van der Waals surface area contributed by atoms with E-state index in [9.17, 15) is 0 Å². The fourth-order valence-corrected chi connectivity index (χ4v) is 1.82. The molecule has 1 aromatic carbocycles. The Hall–Kier alpha value is -2.82. The van der Waals surface area contributed by atoms with Crippen molar-refractivity contribution in [3.63, 3.8) is 0 Å². The molecule has 0 radical (unpaired) electrons. The third-order valence-electron chi connectivity index (χ3n) is 2.82. The molecule has 0 atom stereocenters. The van der Waals surface area contributed by atoms with Gasteiger partial charge in [-0.1, -0.05) is 12.1 Å². The van der Waals surface area contributed by atoms with Gasteiger partial charge in [-0.3, -0.25) is 0 Å². The summed E-state index contributed by atoms with van der Waals surface area (Å²) < 4.78 is 5.21. The fraction of sp³-hybridized carbons (Fsp3) is 0.0667. The number of aromatic nitrogens is 2. The van der Waals surface area contributed by atoms with E-state index in [2.05, 4.69) is 20.3 Å². The van der Waals surface area contributed by atoms with Crippen LogP contribution in [0.3, 0.4) is 0 Å². The number of imidazole rings is 1. The maximum atomic E-state index is 5.21. The molecule has 0 aliphatic rings. The number of H-pyrrole nitrogens is 1. The lowest BCUT2D eigenvalue weighted by Crippen LogP contribution is -2.09. The highest BCUT2D eigenvalue weighted by Crippen LogP contribution is 2.19. The molecule has 0 aliphatic heterocycles. The first-order chi connectivity index (χ1) is 9.92. The molecule has 0 saturated heterocycles. The summed E-state index contributed by atoms with van der Waals surface area (Å²) in [6, 6.07) is 11.7. The van der Waals surface area contributed by atoms with E-state index in [0.717, 1.165) is 22.7 Å². The summed E-state index contributed by atoms with van der Waals surface area (Å²) in [4.78, 5) is 11.5. The van der Waals surface area contributed by atoms with Crippen LogP contribution in [0.5, 0.6) is 0 Å². The second-order valence-corrected chi connectivity index (χ2v) is 4.22. The highest BCUT2D eigenvalue weighted by atomic mass is 16.3. The third kappa shape index (κ3) is 2.95. The number of hydrogen-bond donors (Lipinski definition) is 2. The summed E-state index contributed by atoms with van der Waals surface area (Å²) in [5.74, 6) is 0.880. The largest absolute Gasteiger partial charge is 0.467 e. The second-order valence-electron chi connectivity index (χ2n) is 4.22. The summed E-state index contributed by atoms with van der Waals surface area (Å²) >= 11 is 0. The Labute approximate surface area is 116 Å². The van der Waals surface area contributed by atoms with Crippen LogP contribution in [0.2, 0.25) is 0 Å². The van der Waals surface area contributed by atoms with Crippen molar-refractivity contribution >= 4 is 12.0 Å². The lowest BCUT2D eigenvalue weighted by molar-refractivity contribution is 0.504. The van der Waals surface area contributed by atoms with Crippen LogP contribution in [0.25, 0.3) is 11.3 Å². The van der Waals surface area contributed by atoms with E-state index in [4.69, 9.17) is 4.42 Å². The number of furan rings is 1. The van der Waals surface area contributed by atoms with E-state index in [0.29, 0.717) is 6.54 Å². The predicted molar refractivity (Wildman–Crippen MR) is 77.7 cm³/mol. The van der Waals surface area contributed by atoms with Gasteiger partial charge in [0.05, 0.1) is 36.9 Å². The summed E-state index contributed by atoms with van der Waals surface area (Å²) in [5, 5.41) is 3.08. The van der Waals surface area contributed by atoms with Crippen molar-refractivity contribution in [2.45, 2.75) is 6.54 Å². The summed E-state index contributed by atoms with van der Waals surface area (Å²) in [6.45, 7) is 0.627. The van der Waals surface area contributed by atoms with Crippen LogP contribution in [0, 0.1) is 0 Å². The maximum Gasteiger partial charge on any atom is 0.122 e. The number of hydrogen-bond acceptors (Lipinski definition) is 3. The number of aliphatic imine (C=N–C) groups is 1. The average Bonchev–Trinajstić information content (AvgIpc) is 3.17. The third-order valence-corrected chi connectivity index (χ3v) is 2.82. The zero-order valence-corrected chi connectivity index (χ0v) is 10.8. The second kappa shape index (κ2) is 5.88. The molecule has 5 nitrogen and oxygen atoms in total. The van der Waals surface area contributed by atoms with Gasteiger partial charge in [0.25, 0.3) is 0 Å². The predicted octanol–water partition coefficient (Wildman–Crippen LogP) is 3.12. The number of nitrogens with one attached hydrogen (secondary N) is 2. The van der Waals surface area contributed by atoms with Gasteiger partial charge >= 0.3 is 0 Å². The molecule has 0 fully saturated rings. The van der Waals surface area contributed by atoms with E-state index in [1.807, 2.05) is 42.6 Å². The lowest BCUT2D eigenvalue weighted by atomic mass is 10.1. The van der Waals surface area contributed by atoms with Crippen LogP contribution >= 0.6 is 0 Å². The van der Waals surface area contributed by atoms with Crippen LogP contribution in [-0.2, 0) is 6.54 Å². The van der Waals surface area contributed by atoms with Crippen LogP contribution < -0.4 is 5.32 Å². The van der Waals surface area contributed by atoms with Crippen LogP contribution in [0.1, 0.15) is 5.76 Å².